The van der Waals surface area contributed by atoms with E-state index in [0.29, 0.717) is 25.4 Å². The lowest BCUT2D eigenvalue weighted by atomic mass is 10.1. The Kier molecular flexibility index (Phi) is 8.04. The fraction of sp³-hybridized carbons (Fsp3) is 0.526. The summed E-state index contributed by atoms with van der Waals surface area (Å²) in [7, 11) is 0. The molecule has 0 aliphatic carbocycles. The lowest BCUT2D eigenvalue weighted by molar-refractivity contribution is -0.126. The molecule has 0 radical (unpaired) electrons. The fourth-order valence-corrected chi connectivity index (χ4v) is 2.48. The Labute approximate surface area is 164 Å². The van der Waals surface area contributed by atoms with Crippen molar-refractivity contribution in [2.75, 3.05) is 6.61 Å². The van der Waals surface area contributed by atoms with Crippen LogP contribution < -0.4 is 11.1 Å². The summed E-state index contributed by atoms with van der Waals surface area (Å²) in [5.74, 6) is 0.183. The molecule has 1 amide bonds. The van der Waals surface area contributed by atoms with Crippen molar-refractivity contribution in [3.05, 3.63) is 41.7 Å². The van der Waals surface area contributed by atoms with E-state index in [4.69, 9.17) is 15.7 Å². The van der Waals surface area contributed by atoms with Crippen LogP contribution in [-0.4, -0.2) is 38.3 Å². The molecule has 0 aliphatic rings. The van der Waals surface area contributed by atoms with Crippen molar-refractivity contribution >= 4 is 5.91 Å². The number of aryl methyl sites for hydroxylation is 1. The second-order valence-corrected chi connectivity index (χ2v) is 7.12. The van der Waals surface area contributed by atoms with Crippen LogP contribution in [0.5, 0.6) is 0 Å². The van der Waals surface area contributed by atoms with Crippen molar-refractivity contribution in [3.63, 3.8) is 0 Å². The molecule has 0 bridgehead atoms. The van der Waals surface area contributed by atoms with E-state index < -0.39 is 11.6 Å². The van der Waals surface area contributed by atoms with E-state index in [1.807, 2.05) is 30.3 Å². The largest absolute Gasteiger partial charge is 0.374 e. The number of rotatable bonds is 11. The van der Waals surface area contributed by atoms with Gasteiger partial charge in [0.1, 0.15) is 6.04 Å². The number of amides is 1. The minimum Gasteiger partial charge on any atom is -0.374 e. The van der Waals surface area contributed by atoms with Gasteiger partial charge < -0.3 is 15.8 Å². The van der Waals surface area contributed by atoms with Crippen LogP contribution in [0, 0.1) is 11.3 Å². The van der Waals surface area contributed by atoms with Crippen molar-refractivity contribution in [2.45, 2.75) is 57.8 Å². The number of hydrogen-bond acceptors (Lipinski definition) is 7. The van der Waals surface area contributed by atoms with Crippen LogP contribution in [0.25, 0.3) is 0 Å². The van der Waals surface area contributed by atoms with Crippen LogP contribution in [-0.2, 0) is 22.7 Å². The molecule has 9 heteroatoms. The molecule has 1 atom stereocenters. The molecule has 0 aliphatic heterocycles. The molecular weight excluding hydrogens is 358 g/mol. The topological polar surface area (TPSA) is 132 Å². The van der Waals surface area contributed by atoms with E-state index in [0.717, 1.165) is 18.4 Å². The Morgan fingerprint density at radius 2 is 2.11 bits per heavy atom. The number of nitrogens with one attached hydrogen (secondary N) is 1. The second kappa shape index (κ2) is 10.5. The first kappa shape index (κ1) is 21.5. The summed E-state index contributed by atoms with van der Waals surface area (Å²) in [5.41, 5.74) is 5.90. The first-order valence-corrected chi connectivity index (χ1v) is 9.26. The average Bonchev–Trinajstić information content (AvgIpc) is 3.13. The summed E-state index contributed by atoms with van der Waals surface area (Å²) < 4.78 is 7.45. The Hall–Kier alpha value is -2.83. The van der Waals surface area contributed by atoms with Gasteiger partial charge in [-0.25, -0.2) is 4.68 Å². The zero-order valence-electron chi connectivity index (χ0n) is 16.3. The summed E-state index contributed by atoms with van der Waals surface area (Å²) in [6.07, 6.45) is 2.01. The number of hydrogen-bond donors (Lipinski definition) is 2. The SMILES string of the molecule is CC(C)(N)C(=O)N[C@H](COCc1ccccc1)c1nnnn1CCCCC#N. The first-order chi connectivity index (χ1) is 13.4. The lowest BCUT2D eigenvalue weighted by Gasteiger charge is -2.23. The smallest absolute Gasteiger partial charge is 0.240 e. The van der Waals surface area contributed by atoms with Gasteiger partial charge in [0.25, 0.3) is 0 Å². The van der Waals surface area contributed by atoms with Gasteiger partial charge in [-0.15, -0.1) is 5.10 Å². The van der Waals surface area contributed by atoms with Crippen LogP contribution >= 0.6 is 0 Å². The molecule has 28 heavy (non-hydrogen) atoms. The van der Waals surface area contributed by atoms with E-state index in [9.17, 15) is 4.79 Å². The number of aromatic nitrogens is 4. The third kappa shape index (κ3) is 6.72. The maximum Gasteiger partial charge on any atom is 0.240 e. The second-order valence-electron chi connectivity index (χ2n) is 7.12. The molecule has 0 saturated carbocycles. The molecule has 3 N–H and O–H groups in total. The Balaban J connectivity index is 2.06. The number of carbonyl (C=O) groups is 1. The van der Waals surface area contributed by atoms with Gasteiger partial charge in [-0.3, -0.25) is 4.79 Å². The van der Waals surface area contributed by atoms with Gasteiger partial charge >= 0.3 is 0 Å². The van der Waals surface area contributed by atoms with Gasteiger partial charge in [0, 0.05) is 13.0 Å². The van der Waals surface area contributed by atoms with Gasteiger partial charge in [0.05, 0.1) is 24.8 Å². The molecule has 2 aromatic rings. The Bertz CT molecular complexity index is 778. The summed E-state index contributed by atoms with van der Waals surface area (Å²) >= 11 is 0. The maximum atomic E-state index is 12.4. The number of carbonyl (C=O) groups excluding carboxylic acids is 1. The molecule has 9 nitrogen and oxygen atoms in total. The highest BCUT2D eigenvalue weighted by atomic mass is 16.5. The zero-order valence-corrected chi connectivity index (χ0v) is 16.3. The normalized spacial score (nSPS) is 12.4. The van der Waals surface area contributed by atoms with Crippen molar-refractivity contribution in [1.29, 1.82) is 5.26 Å². The minimum atomic E-state index is -1.04. The van der Waals surface area contributed by atoms with Crippen LogP contribution in [0.15, 0.2) is 30.3 Å². The number of benzene rings is 1. The first-order valence-electron chi connectivity index (χ1n) is 9.26. The van der Waals surface area contributed by atoms with E-state index in [2.05, 4.69) is 26.9 Å². The molecule has 0 unspecified atom stereocenters. The highest BCUT2D eigenvalue weighted by molar-refractivity contribution is 5.85. The van der Waals surface area contributed by atoms with Crippen LogP contribution in [0.3, 0.4) is 0 Å². The van der Waals surface area contributed by atoms with E-state index in [1.54, 1.807) is 18.5 Å². The van der Waals surface area contributed by atoms with Crippen molar-refractivity contribution in [2.24, 2.45) is 5.73 Å². The molecule has 0 saturated heterocycles. The summed E-state index contributed by atoms with van der Waals surface area (Å²) in [5, 5.41) is 23.4. The van der Waals surface area contributed by atoms with Crippen molar-refractivity contribution in [3.8, 4) is 6.07 Å². The van der Waals surface area contributed by atoms with Gasteiger partial charge in [-0.1, -0.05) is 30.3 Å². The van der Waals surface area contributed by atoms with E-state index in [1.165, 1.54) is 0 Å². The molecule has 1 aromatic heterocycles. The molecule has 1 heterocycles. The Morgan fingerprint density at radius 3 is 2.79 bits per heavy atom. The highest BCUT2D eigenvalue weighted by Crippen LogP contribution is 2.14. The zero-order chi connectivity index (χ0) is 20.4. The van der Waals surface area contributed by atoms with Crippen LogP contribution in [0.2, 0.25) is 0 Å². The summed E-state index contributed by atoms with van der Waals surface area (Å²) in [6.45, 7) is 4.43. The third-order valence-corrected chi connectivity index (χ3v) is 4.07. The summed E-state index contributed by atoms with van der Waals surface area (Å²) in [4.78, 5) is 12.4. The van der Waals surface area contributed by atoms with Crippen LogP contribution in [0.1, 0.15) is 50.5 Å². The molecule has 1 aromatic carbocycles. The standard InChI is InChI=1S/C19H27N7O2/c1-19(2,21)18(27)22-16(14-28-13-15-9-5-3-6-10-15)17-23-24-25-26(17)12-8-4-7-11-20/h3,5-6,9-10,16H,4,7-8,12-14,21H2,1-2H3,(H,22,27)/t16-/m1/s1. The molecular formula is C19H27N7O2. The van der Waals surface area contributed by atoms with E-state index >= 15 is 0 Å². The lowest BCUT2D eigenvalue weighted by Crippen LogP contribution is -2.51. The predicted octanol–water partition coefficient (Wildman–Crippen LogP) is 1.48. The number of nitrogens with zero attached hydrogens (tertiary/aromatic N) is 5. The monoisotopic (exact) mass is 385 g/mol. The van der Waals surface area contributed by atoms with Gasteiger partial charge in [0.2, 0.25) is 5.91 Å². The predicted molar refractivity (Wildman–Crippen MR) is 103 cm³/mol. The quantitative estimate of drug-likeness (QED) is 0.560. The molecule has 0 fully saturated rings. The third-order valence-electron chi connectivity index (χ3n) is 4.07. The highest BCUT2D eigenvalue weighted by Gasteiger charge is 2.28. The van der Waals surface area contributed by atoms with Gasteiger partial charge in [-0.2, -0.15) is 5.26 Å². The Morgan fingerprint density at radius 1 is 1.36 bits per heavy atom. The van der Waals surface area contributed by atoms with E-state index in [-0.39, 0.29) is 12.5 Å². The minimum absolute atomic E-state index is 0.204. The number of nitrogens with two attached hydrogens (primary N) is 1. The van der Waals surface area contributed by atoms with Crippen molar-refractivity contribution in [1.82, 2.24) is 25.5 Å². The van der Waals surface area contributed by atoms with Gasteiger partial charge in [0.15, 0.2) is 5.82 Å². The molecule has 150 valence electrons. The number of unbranched alkanes of at least 4 members (excludes halogenated alkanes) is 2. The van der Waals surface area contributed by atoms with Crippen LogP contribution in [0.4, 0.5) is 0 Å². The summed E-state index contributed by atoms with van der Waals surface area (Å²) in [6, 6.07) is 11.3. The number of ether oxygens (including phenoxy) is 1. The fourth-order valence-electron chi connectivity index (χ4n) is 2.48. The van der Waals surface area contributed by atoms with Crippen molar-refractivity contribution < 1.29 is 9.53 Å². The molecule has 0 spiro atoms. The number of nitriles is 1. The van der Waals surface area contributed by atoms with Gasteiger partial charge in [-0.05, 0) is 42.7 Å². The maximum absolute atomic E-state index is 12.4. The molecule has 2 rings (SSSR count). The number of tetrazole rings is 1. The average molecular weight is 385 g/mol.